The van der Waals surface area contributed by atoms with E-state index in [4.69, 9.17) is 11.6 Å². The average molecular weight is 509 g/mol. The number of carbonyl (C=O) groups excluding carboxylic acids is 1. The van der Waals surface area contributed by atoms with Gasteiger partial charge < -0.3 is 10.6 Å². The summed E-state index contributed by atoms with van der Waals surface area (Å²) in [5, 5.41) is 6.79. The monoisotopic (exact) mass is 508 g/mol. The first-order valence-corrected chi connectivity index (χ1v) is 11.8. The summed E-state index contributed by atoms with van der Waals surface area (Å²) in [5.41, 5.74) is 4.08. The lowest BCUT2D eigenvalue weighted by atomic mass is 10.0. The zero-order valence-corrected chi connectivity index (χ0v) is 20.2. The number of rotatable bonds is 6. The third-order valence-electron chi connectivity index (χ3n) is 5.46. The Kier molecular flexibility index (Phi) is 9.15. The van der Waals surface area contributed by atoms with E-state index in [1.165, 1.54) is 35.4 Å². The molecule has 0 spiro atoms. The van der Waals surface area contributed by atoms with Crippen molar-refractivity contribution >= 4 is 41.7 Å². The van der Waals surface area contributed by atoms with Crippen LogP contribution >= 0.6 is 35.8 Å². The van der Waals surface area contributed by atoms with Crippen LogP contribution in [-0.2, 0) is 25.1 Å². The smallest absolute Gasteiger partial charge is 0.254 e. The minimum Gasteiger partial charge on any atom is -0.348 e. The highest BCUT2D eigenvalue weighted by atomic mass is 35.5. The van der Waals surface area contributed by atoms with Gasteiger partial charge in [-0.15, -0.1) is 24.2 Å². The number of nitrogens with one attached hydrogen (secondary N) is 2. The number of hydrogen-bond acceptors (Lipinski definition) is 3. The minimum absolute atomic E-state index is 0. The Bertz CT molecular complexity index is 1130. The van der Waals surface area contributed by atoms with Crippen molar-refractivity contribution in [2.45, 2.75) is 30.0 Å². The van der Waals surface area contributed by atoms with Crippen LogP contribution in [0.1, 0.15) is 32.6 Å². The molecule has 0 fully saturated rings. The fraction of sp³-hybridized carbons (Fsp3) is 0.240. The van der Waals surface area contributed by atoms with Crippen LogP contribution in [0.15, 0.2) is 59.5 Å². The van der Waals surface area contributed by atoms with Crippen molar-refractivity contribution in [3.63, 3.8) is 0 Å². The van der Waals surface area contributed by atoms with Gasteiger partial charge in [0, 0.05) is 17.2 Å². The minimum atomic E-state index is -0.568. The molecule has 1 aliphatic rings. The van der Waals surface area contributed by atoms with Crippen LogP contribution in [0.4, 0.5) is 8.78 Å². The summed E-state index contributed by atoms with van der Waals surface area (Å²) in [6, 6.07) is 14.5. The van der Waals surface area contributed by atoms with Crippen LogP contribution in [0.25, 0.3) is 0 Å². The van der Waals surface area contributed by atoms with Crippen LogP contribution in [0.2, 0.25) is 5.02 Å². The van der Waals surface area contributed by atoms with Crippen molar-refractivity contribution < 1.29 is 13.6 Å². The van der Waals surface area contributed by atoms with Crippen LogP contribution in [0.5, 0.6) is 0 Å². The van der Waals surface area contributed by atoms with E-state index in [0.717, 1.165) is 42.0 Å². The average Bonchev–Trinajstić information content (AvgIpc) is 3.03. The summed E-state index contributed by atoms with van der Waals surface area (Å²) >= 11 is 8.08. The topological polar surface area (TPSA) is 41.1 Å². The van der Waals surface area contributed by atoms with E-state index >= 15 is 0 Å². The van der Waals surface area contributed by atoms with Gasteiger partial charge in [-0.25, -0.2) is 8.78 Å². The SMILES string of the molecule is Cl.O=C(NCc1ccc(F)cc1)c1ccc(CSc2c(Cl)ccc3c2CCNCC3)cc1F. The molecular formula is C25H24Cl2F2N2OS. The van der Waals surface area contributed by atoms with Crippen LogP contribution < -0.4 is 10.6 Å². The Morgan fingerprint density at radius 3 is 2.48 bits per heavy atom. The predicted octanol–water partition coefficient (Wildman–Crippen LogP) is 5.95. The maximum Gasteiger partial charge on any atom is 0.254 e. The molecule has 0 radical (unpaired) electrons. The Balaban J connectivity index is 0.00000306. The maximum absolute atomic E-state index is 14.7. The van der Waals surface area contributed by atoms with Crippen molar-refractivity contribution in [2.75, 3.05) is 13.1 Å². The molecule has 0 atom stereocenters. The molecule has 0 unspecified atom stereocenters. The highest BCUT2D eigenvalue weighted by Gasteiger charge is 2.16. The molecule has 4 rings (SSSR count). The Hall–Kier alpha value is -2.12. The molecule has 1 heterocycles. The second-order valence-electron chi connectivity index (χ2n) is 7.68. The van der Waals surface area contributed by atoms with Crippen molar-refractivity contribution in [3.05, 3.63) is 99.1 Å². The van der Waals surface area contributed by atoms with E-state index in [1.54, 1.807) is 30.0 Å². The molecule has 0 aromatic heterocycles. The van der Waals surface area contributed by atoms with Crippen molar-refractivity contribution in [2.24, 2.45) is 0 Å². The normalized spacial score (nSPS) is 12.9. The predicted molar refractivity (Wildman–Crippen MR) is 133 cm³/mol. The van der Waals surface area contributed by atoms with Gasteiger partial charge in [-0.1, -0.05) is 35.9 Å². The van der Waals surface area contributed by atoms with Crippen molar-refractivity contribution in [3.8, 4) is 0 Å². The summed E-state index contributed by atoms with van der Waals surface area (Å²) in [6.07, 6.45) is 1.89. The zero-order chi connectivity index (χ0) is 22.5. The van der Waals surface area contributed by atoms with Gasteiger partial charge in [-0.3, -0.25) is 4.79 Å². The highest BCUT2D eigenvalue weighted by molar-refractivity contribution is 7.98. The van der Waals surface area contributed by atoms with Crippen LogP contribution in [0.3, 0.4) is 0 Å². The molecule has 0 aliphatic carbocycles. The largest absolute Gasteiger partial charge is 0.348 e. The Labute approximate surface area is 207 Å². The number of benzene rings is 3. The van der Waals surface area contributed by atoms with E-state index in [2.05, 4.69) is 16.7 Å². The molecule has 2 N–H and O–H groups in total. The highest BCUT2D eigenvalue weighted by Crippen LogP contribution is 2.36. The summed E-state index contributed by atoms with van der Waals surface area (Å²) < 4.78 is 27.6. The second-order valence-corrected chi connectivity index (χ2v) is 9.07. The Morgan fingerprint density at radius 1 is 1.00 bits per heavy atom. The summed E-state index contributed by atoms with van der Waals surface area (Å²) in [5.74, 6) is -0.862. The maximum atomic E-state index is 14.7. The fourth-order valence-electron chi connectivity index (χ4n) is 3.73. The first kappa shape index (κ1) is 25.5. The molecule has 0 saturated carbocycles. The van der Waals surface area contributed by atoms with Crippen LogP contribution in [-0.4, -0.2) is 19.0 Å². The van der Waals surface area contributed by atoms with Gasteiger partial charge in [0.2, 0.25) is 0 Å². The van der Waals surface area contributed by atoms with E-state index in [0.29, 0.717) is 10.8 Å². The van der Waals surface area contributed by atoms with E-state index in [9.17, 15) is 13.6 Å². The molecule has 1 aliphatic heterocycles. The number of fused-ring (bicyclic) bond motifs is 1. The molecule has 1 amide bonds. The van der Waals surface area contributed by atoms with Gasteiger partial charge in [0.1, 0.15) is 11.6 Å². The number of halogens is 4. The third-order valence-corrected chi connectivity index (χ3v) is 7.12. The first-order chi connectivity index (χ1) is 15.5. The standard InChI is InChI=1S/C25H23ClF2N2OS.ClH/c26-22-8-4-18-9-11-29-12-10-20(18)24(22)32-15-17-3-7-21(23(28)13-17)25(31)30-14-16-1-5-19(27)6-2-16;/h1-8,13,29H,9-12,14-15H2,(H,30,31);1H. The number of carbonyl (C=O) groups is 1. The third kappa shape index (κ3) is 6.48. The first-order valence-electron chi connectivity index (χ1n) is 10.5. The summed E-state index contributed by atoms with van der Waals surface area (Å²) in [6.45, 7) is 2.06. The van der Waals surface area contributed by atoms with Crippen LogP contribution in [0, 0.1) is 11.6 Å². The molecule has 3 aromatic rings. The van der Waals surface area contributed by atoms with Gasteiger partial charge in [0.05, 0.1) is 10.6 Å². The lowest BCUT2D eigenvalue weighted by molar-refractivity contribution is 0.0947. The lowest BCUT2D eigenvalue weighted by Gasteiger charge is -2.14. The van der Waals surface area contributed by atoms with E-state index in [-0.39, 0.29) is 30.3 Å². The molecule has 8 heteroatoms. The molecule has 3 nitrogen and oxygen atoms in total. The van der Waals surface area contributed by atoms with Gasteiger partial charge in [0.25, 0.3) is 5.91 Å². The molecule has 3 aromatic carbocycles. The molecule has 0 saturated heterocycles. The Morgan fingerprint density at radius 2 is 1.73 bits per heavy atom. The van der Waals surface area contributed by atoms with E-state index in [1.807, 2.05) is 6.07 Å². The zero-order valence-electron chi connectivity index (χ0n) is 17.8. The second kappa shape index (κ2) is 11.8. The van der Waals surface area contributed by atoms with Crippen molar-refractivity contribution in [1.82, 2.24) is 10.6 Å². The van der Waals surface area contributed by atoms with Crippen molar-refractivity contribution in [1.29, 1.82) is 0 Å². The van der Waals surface area contributed by atoms with Gasteiger partial charge in [-0.05, 0) is 78.5 Å². The lowest BCUT2D eigenvalue weighted by Crippen LogP contribution is -2.23. The van der Waals surface area contributed by atoms with Gasteiger partial charge in [0.15, 0.2) is 0 Å². The quantitative estimate of drug-likeness (QED) is 0.404. The van der Waals surface area contributed by atoms with Gasteiger partial charge in [-0.2, -0.15) is 0 Å². The summed E-state index contributed by atoms with van der Waals surface area (Å²) in [4.78, 5) is 13.4. The van der Waals surface area contributed by atoms with E-state index < -0.39 is 11.7 Å². The summed E-state index contributed by atoms with van der Waals surface area (Å²) in [7, 11) is 0. The number of hydrogen-bond donors (Lipinski definition) is 2. The molecule has 33 heavy (non-hydrogen) atoms. The number of thioether (sulfide) groups is 1. The van der Waals surface area contributed by atoms with Gasteiger partial charge >= 0.3 is 0 Å². The molecule has 174 valence electrons. The number of amides is 1. The molecular weight excluding hydrogens is 485 g/mol. The molecule has 0 bridgehead atoms. The fourth-order valence-corrected chi connectivity index (χ4v) is 5.18.